The zero-order valence-electron chi connectivity index (χ0n) is 15.9. The van der Waals surface area contributed by atoms with E-state index in [1.165, 1.54) is 5.56 Å². The minimum absolute atomic E-state index is 0.0335. The molecule has 0 saturated carbocycles. The van der Waals surface area contributed by atoms with E-state index in [4.69, 9.17) is 0 Å². The third kappa shape index (κ3) is 4.53. The molecule has 0 aliphatic heterocycles. The van der Waals surface area contributed by atoms with Crippen LogP contribution in [0.5, 0.6) is 0 Å². The summed E-state index contributed by atoms with van der Waals surface area (Å²) in [6, 6.07) is 23.8. The summed E-state index contributed by atoms with van der Waals surface area (Å²) in [5.74, 6) is 0.842. The molecule has 3 aromatic rings. The fraction of sp³-hybridized carbons (Fsp3) is 0.217. The second-order valence-corrected chi connectivity index (χ2v) is 6.29. The van der Waals surface area contributed by atoms with Crippen molar-refractivity contribution in [1.29, 1.82) is 0 Å². The number of para-hydroxylation sites is 1. The Morgan fingerprint density at radius 1 is 0.852 bits per heavy atom. The Kier molecular flexibility index (Phi) is 6.21. The van der Waals surface area contributed by atoms with Crippen molar-refractivity contribution in [2.75, 3.05) is 22.9 Å². The number of hydrogen-bond acceptors (Lipinski definition) is 3. The lowest BCUT2D eigenvalue weighted by Gasteiger charge is -2.23. The molecule has 0 saturated heterocycles. The standard InChI is InChI=1S/C23H25N3O/c1-3-25(18-19-11-7-5-8-12-19)22-16-15-20(17-24-22)23(27)26(4-2)21-13-9-6-10-14-21/h5-17H,3-4,18H2,1-2H3. The van der Waals surface area contributed by atoms with Crippen LogP contribution in [0.3, 0.4) is 0 Å². The quantitative estimate of drug-likeness (QED) is 0.609. The van der Waals surface area contributed by atoms with Crippen LogP contribution >= 0.6 is 0 Å². The first-order valence-corrected chi connectivity index (χ1v) is 9.34. The lowest BCUT2D eigenvalue weighted by Crippen LogP contribution is -2.30. The van der Waals surface area contributed by atoms with Gasteiger partial charge in [-0.2, -0.15) is 0 Å². The Labute approximate surface area is 161 Å². The smallest absolute Gasteiger partial charge is 0.259 e. The fourth-order valence-corrected chi connectivity index (χ4v) is 3.07. The molecule has 0 bridgehead atoms. The summed E-state index contributed by atoms with van der Waals surface area (Å²) >= 11 is 0. The summed E-state index contributed by atoms with van der Waals surface area (Å²) in [7, 11) is 0. The number of pyridine rings is 1. The van der Waals surface area contributed by atoms with Gasteiger partial charge in [0.15, 0.2) is 0 Å². The lowest BCUT2D eigenvalue weighted by molar-refractivity contribution is 0.0988. The van der Waals surface area contributed by atoms with Crippen LogP contribution < -0.4 is 9.80 Å². The van der Waals surface area contributed by atoms with Crippen molar-refractivity contribution in [3.05, 3.63) is 90.1 Å². The first kappa shape index (κ1) is 18.6. The van der Waals surface area contributed by atoms with Crippen molar-refractivity contribution in [3.8, 4) is 0 Å². The molecule has 0 atom stereocenters. The summed E-state index contributed by atoms with van der Waals surface area (Å²) in [6.07, 6.45) is 1.68. The molecule has 0 N–H and O–H groups in total. The number of carbonyl (C=O) groups is 1. The molecule has 27 heavy (non-hydrogen) atoms. The van der Waals surface area contributed by atoms with Gasteiger partial charge in [-0.15, -0.1) is 0 Å². The zero-order valence-corrected chi connectivity index (χ0v) is 15.9. The van der Waals surface area contributed by atoms with Gasteiger partial charge in [-0.1, -0.05) is 48.5 Å². The molecule has 0 radical (unpaired) electrons. The third-order valence-electron chi connectivity index (χ3n) is 4.55. The summed E-state index contributed by atoms with van der Waals surface area (Å²) < 4.78 is 0. The van der Waals surface area contributed by atoms with Gasteiger partial charge in [-0.3, -0.25) is 4.79 Å². The minimum atomic E-state index is -0.0335. The SMILES string of the molecule is CCN(Cc1ccccc1)c1ccc(C(=O)N(CC)c2ccccc2)cn1. The van der Waals surface area contributed by atoms with Crippen LogP contribution in [0.1, 0.15) is 29.8 Å². The number of benzene rings is 2. The highest BCUT2D eigenvalue weighted by atomic mass is 16.2. The molecule has 0 aliphatic rings. The summed E-state index contributed by atoms with van der Waals surface area (Å²) in [5.41, 5.74) is 2.73. The Balaban J connectivity index is 1.76. The van der Waals surface area contributed by atoms with Crippen molar-refractivity contribution >= 4 is 17.4 Å². The van der Waals surface area contributed by atoms with Crippen molar-refractivity contribution in [3.63, 3.8) is 0 Å². The van der Waals surface area contributed by atoms with Crippen LogP contribution in [0, 0.1) is 0 Å². The molecule has 4 nitrogen and oxygen atoms in total. The Bertz CT molecular complexity index is 848. The van der Waals surface area contributed by atoms with Crippen molar-refractivity contribution in [1.82, 2.24) is 4.98 Å². The predicted molar refractivity (Wildman–Crippen MR) is 111 cm³/mol. The van der Waals surface area contributed by atoms with Crippen LogP contribution in [0.2, 0.25) is 0 Å². The molecular formula is C23H25N3O. The minimum Gasteiger partial charge on any atom is -0.353 e. The maximum absolute atomic E-state index is 12.9. The van der Waals surface area contributed by atoms with Gasteiger partial charge in [0.1, 0.15) is 5.82 Å². The first-order valence-electron chi connectivity index (χ1n) is 9.34. The second-order valence-electron chi connectivity index (χ2n) is 6.29. The first-order chi connectivity index (χ1) is 13.2. The van der Waals surface area contributed by atoms with Gasteiger partial charge in [0.25, 0.3) is 5.91 Å². The van der Waals surface area contributed by atoms with Gasteiger partial charge in [-0.25, -0.2) is 4.98 Å². The second kappa shape index (κ2) is 8.99. The average molecular weight is 359 g/mol. The summed E-state index contributed by atoms with van der Waals surface area (Å²) in [6.45, 7) is 6.34. The highest BCUT2D eigenvalue weighted by Crippen LogP contribution is 2.19. The molecule has 1 aromatic heterocycles. The van der Waals surface area contributed by atoms with E-state index in [0.717, 1.165) is 24.6 Å². The average Bonchev–Trinajstić information content (AvgIpc) is 2.74. The Morgan fingerprint density at radius 2 is 1.52 bits per heavy atom. The van der Waals surface area contributed by atoms with E-state index in [-0.39, 0.29) is 5.91 Å². The van der Waals surface area contributed by atoms with E-state index in [9.17, 15) is 4.79 Å². The topological polar surface area (TPSA) is 36.4 Å². The number of amides is 1. The van der Waals surface area contributed by atoms with Gasteiger partial charge in [0.2, 0.25) is 0 Å². The highest BCUT2D eigenvalue weighted by Gasteiger charge is 2.17. The molecule has 0 unspecified atom stereocenters. The summed E-state index contributed by atoms with van der Waals surface area (Å²) in [4.78, 5) is 21.4. The van der Waals surface area contributed by atoms with E-state index < -0.39 is 0 Å². The van der Waals surface area contributed by atoms with Crippen LogP contribution in [-0.4, -0.2) is 24.0 Å². The molecule has 1 heterocycles. The van der Waals surface area contributed by atoms with E-state index in [2.05, 4.69) is 28.9 Å². The largest absolute Gasteiger partial charge is 0.353 e. The molecule has 2 aromatic carbocycles. The number of aromatic nitrogens is 1. The number of nitrogens with zero attached hydrogens (tertiary/aromatic N) is 3. The Morgan fingerprint density at radius 3 is 2.07 bits per heavy atom. The summed E-state index contributed by atoms with van der Waals surface area (Å²) in [5, 5.41) is 0. The van der Waals surface area contributed by atoms with Crippen LogP contribution in [0.4, 0.5) is 11.5 Å². The van der Waals surface area contributed by atoms with Gasteiger partial charge in [0.05, 0.1) is 5.56 Å². The molecule has 0 aliphatic carbocycles. The van der Waals surface area contributed by atoms with Gasteiger partial charge >= 0.3 is 0 Å². The zero-order chi connectivity index (χ0) is 19.1. The number of hydrogen-bond donors (Lipinski definition) is 0. The molecule has 1 amide bonds. The van der Waals surface area contributed by atoms with E-state index >= 15 is 0 Å². The van der Waals surface area contributed by atoms with Crippen LogP contribution in [0.25, 0.3) is 0 Å². The van der Waals surface area contributed by atoms with E-state index in [1.54, 1.807) is 11.1 Å². The van der Waals surface area contributed by atoms with E-state index in [0.29, 0.717) is 12.1 Å². The van der Waals surface area contributed by atoms with Crippen LogP contribution in [-0.2, 0) is 6.54 Å². The highest BCUT2D eigenvalue weighted by molar-refractivity contribution is 6.05. The van der Waals surface area contributed by atoms with Crippen LogP contribution in [0.15, 0.2) is 79.0 Å². The maximum atomic E-state index is 12.9. The van der Waals surface area contributed by atoms with Crippen molar-refractivity contribution in [2.45, 2.75) is 20.4 Å². The molecule has 0 fully saturated rings. The van der Waals surface area contributed by atoms with Crippen molar-refractivity contribution < 1.29 is 4.79 Å². The lowest BCUT2D eigenvalue weighted by atomic mass is 10.2. The monoisotopic (exact) mass is 359 g/mol. The molecular weight excluding hydrogens is 334 g/mol. The molecule has 0 spiro atoms. The van der Waals surface area contributed by atoms with E-state index in [1.807, 2.05) is 67.6 Å². The van der Waals surface area contributed by atoms with Gasteiger partial charge < -0.3 is 9.80 Å². The third-order valence-corrected chi connectivity index (χ3v) is 4.55. The molecule has 4 heteroatoms. The number of rotatable bonds is 7. The Hall–Kier alpha value is -3.14. The van der Waals surface area contributed by atoms with Crippen molar-refractivity contribution in [2.24, 2.45) is 0 Å². The number of carbonyl (C=O) groups excluding carboxylic acids is 1. The number of anilines is 2. The normalized spacial score (nSPS) is 10.4. The molecule has 3 rings (SSSR count). The molecule has 138 valence electrons. The van der Waals surface area contributed by atoms with Gasteiger partial charge in [0, 0.05) is 31.5 Å². The fourth-order valence-electron chi connectivity index (χ4n) is 3.07. The van der Waals surface area contributed by atoms with Gasteiger partial charge in [-0.05, 0) is 43.7 Å². The predicted octanol–water partition coefficient (Wildman–Crippen LogP) is 4.77. The maximum Gasteiger partial charge on any atom is 0.259 e.